The van der Waals surface area contributed by atoms with Gasteiger partial charge in [0.2, 0.25) is 0 Å². The predicted octanol–water partition coefficient (Wildman–Crippen LogP) is 3.02. The minimum atomic E-state index is -2.86. The van der Waals surface area contributed by atoms with Crippen molar-refractivity contribution in [3.05, 3.63) is 29.8 Å². The van der Waals surface area contributed by atoms with E-state index in [1.54, 1.807) is 0 Å². The van der Waals surface area contributed by atoms with Crippen molar-refractivity contribution in [3.8, 4) is 11.8 Å². The number of benzene rings is 1. The van der Waals surface area contributed by atoms with Crippen molar-refractivity contribution >= 4 is 0 Å². The van der Waals surface area contributed by atoms with Gasteiger partial charge in [0.25, 0.3) is 0 Å². The molecule has 0 saturated heterocycles. The molecule has 1 saturated carbocycles. The van der Waals surface area contributed by atoms with Crippen LogP contribution in [0.25, 0.3) is 0 Å². The van der Waals surface area contributed by atoms with E-state index in [1.807, 2.05) is 0 Å². The smallest absolute Gasteiger partial charge is 0.387 e. The monoisotopic (exact) mass is 253 g/mol. The van der Waals surface area contributed by atoms with E-state index in [4.69, 9.17) is 5.26 Å². The van der Waals surface area contributed by atoms with E-state index in [1.165, 1.54) is 24.3 Å². The summed E-state index contributed by atoms with van der Waals surface area (Å²) in [6.45, 7) is -2.86. The van der Waals surface area contributed by atoms with Crippen molar-refractivity contribution in [2.45, 2.75) is 32.0 Å². The maximum Gasteiger partial charge on any atom is 0.387 e. The predicted molar refractivity (Wildman–Crippen MR) is 59.9 cm³/mol. The Hall–Kier alpha value is -1.67. The van der Waals surface area contributed by atoms with Crippen molar-refractivity contribution in [1.29, 1.82) is 5.26 Å². The van der Waals surface area contributed by atoms with Gasteiger partial charge in [0.1, 0.15) is 5.75 Å². The number of hydrogen-bond donors (Lipinski definition) is 1. The van der Waals surface area contributed by atoms with Crippen LogP contribution in [0.3, 0.4) is 0 Å². The Labute approximate surface area is 104 Å². The lowest BCUT2D eigenvalue weighted by molar-refractivity contribution is -0.0499. The van der Waals surface area contributed by atoms with Gasteiger partial charge in [0, 0.05) is 0 Å². The van der Waals surface area contributed by atoms with Gasteiger partial charge in [-0.05, 0) is 30.5 Å². The molecule has 0 aliphatic heterocycles. The second-order valence-corrected chi connectivity index (χ2v) is 4.47. The highest BCUT2D eigenvalue weighted by molar-refractivity contribution is 5.31. The zero-order valence-corrected chi connectivity index (χ0v) is 9.64. The average Bonchev–Trinajstić information content (AvgIpc) is 2.28. The summed E-state index contributed by atoms with van der Waals surface area (Å²) in [7, 11) is 0. The molecule has 0 amide bonds. The van der Waals surface area contributed by atoms with Crippen LogP contribution in [0.1, 0.15) is 30.9 Å². The molecule has 0 spiro atoms. The highest BCUT2D eigenvalue weighted by Crippen LogP contribution is 2.49. The van der Waals surface area contributed by atoms with Crippen molar-refractivity contribution in [1.82, 2.24) is 0 Å². The summed E-state index contributed by atoms with van der Waals surface area (Å²) in [5.74, 6) is 0.0422. The molecule has 1 N–H and O–H groups in total. The molecular formula is C13H13F2NO2. The maximum atomic E-state index is 12.0. The summed E-state index contributed by atoms with van der Waals surface area (Å²) in [6, 6.07) is 7.93. The number of ether oxygens (including phenoxy) is 1. The summed E-state index contributed by atoms with van der Waals surface area (Å²) >= 11 is 0. The van der Waals surface area contributed by atoms with Crippen LogP contribution in [0.2, 0.25) is 0 Å². The van der Waals surface area contributed by atoms with Crippen LogP contribution in [0.5, 0.6) is 5.75 Å². The molecule has 5 heteroatoms. The molecule has 0 radical (unpaired) electrons. The van der Waals surface area contributed by atoms with Crippen LogP contribution in [0, 0.1) is 16.7 Å². The molecule has 18 heavy (non-hydrogen) atoms. The molecule has 1 aliphatic carbocycles. The molecule has 1 fully saturated rings. The van der Waals surface area contributed by atoms with Crippen LogP contribution in [0.15, 0.2) is 24.3 Å². The first-order chi connectivity index (χ1) is 8.57. The lowest BCUT2D eigenvalue weighted by Gasteiger charge is -2.39. The van der Waals surface area contributed by atoms with Crippen molar-refractivity contribution < 1.29 is 18.6 Å². The normalized spacial score (nSPS) is 18.8. The zero-order chi connectivity index (χ0) is 13.2. The quantitative estimate of drug-likeness (QED) is 0.897. The van der Waals surface area contributed by atoms with Crippen LogP contribution in [-0.4, -0.2) is 11.7 Å². The molecule has 96 valence electrons. The van der Waals surface area contributed by atoms with Gasteiger partial charge < -0.3 is 9.84 Å². The van der Waals surface area contributed by atoms with Crippen molar-refractivity contribution in [2.75, 3.05) is 0 Å². The number of aliphatic hydroxyl groups excluding tert-OH is 1. The topological polar surface area (TPSA) is 53.2 Å². The molecule has 1 aliphatic rings. The van der Waals surface area contributed by atoms with Gasteiger partial charge in [-0.2, -0.15) is 14.0 Å². The molecule has 0 bridgehead atoms. The number of nitrogens with zero attached hydrogens (tertiary/aromatic N) is 1. The number of nitriles is 1. The van der Waals surface area contributed by atoms with E-state index >= 15 is 0 Å². The van der Waals surface area contributed by atoms with Crippen molar-refractivity contribution in [2.24, 2.45) is 5.41 Å². The van der Waals surface area contributed by atoms with E-state index < -0.39 is 18.1 Å². The van der Waals surface area contributed by atoms with Gasteiger partial charge in [0.15, 0.2) is 0 Å². The Morgan fingerprint density at radius 1 is 1.28 bits per heavy atom. The SMILES string of the molecule is N#CC1(C(O)c2ccc(OC(F)F)cc2)CCC1. The van der Waals surface area contributed by atoms with Crippen LogP contribution in [-0.2, 0) is 0 Å². The van der Waals surface area contributed by atoms with E-state index in [0.717, 1.165) is 6.42 Å². The number of aliphatic hydroxyl groups is 1. The molecule has 3 nitrogen and oxygen atoms in total. The minimum Gasteiger partial charge on any atom is -0.435 e. The Bertz CT molecular complexity index is 449. The number of rotatable bonds is 4. The van der Waals surface area contributed by atoms with Crippen LogP contribution in [0.4, 0.5) is 8.78 Å². The first-order valence-electron chi connectivity index (χ1n) is 5.71. The second kappa shape index (κ2) is 4.91. The fraction of sp³-hybridized carbons (Fsp3) is 0.462. The van der Waals surface area contributed by atoms with E-state index in [9.17, 15) is 13.9 Å². The Morgan fingerprint density at radius 3 is 2.28 bits per heavy atom. The Kier molecular flexibility index (Phi) is 3.48. The third-order valence-corrected chi connectivity index (χ3v) is 3.41. The summed E-state index contributed by atoms with van der Waals surface area (Å²) in [5, 5.41) is 19.3. The number of alkyl halides is 2. The Balaban J connectivity index is 2.12. The summed E-state index contributed by atoms with van der Waals surface area (Å²) < 4.78 is 28.2. The molecule has 1 atom stereocenters. The van der Waals surface area contributed by atoms with Gasteiger partial charge in [-0.15, -0.1) is 0 Å². The van der Waals surface area contributed by atoms with E-state index in [2.05, 4.69) is 10.8 Å². The summed E-state index contributed by atoms with van der Waals surface area (Å²) in [5.41, 5.74) is -0.164. The standard InChI is InChI=1S/C13H13F2NO2/c14-12(15)18-10-4-2-9(3-5-10)11(17)13(8-16)6-1-7-13/h2-5,11-12,17H,1,6-7H2. The van der Waals surface area contributed by atoms with E-state index in [0.29, 0.717) is 18.4 Å². The number of halogens is 2. The molecule has 2 rings (SSSR count). The lowest BCUT2D eigenvalue weighted by Crippen LogP contribution is -2.34. The first-order valence-corrected chi connectivity index (χ1v) is 5.71. The minimum absolute atomic E-state index is 0.0422. The second-order valence-electron chi connectivity index (χ2n) is 4.47. The Morgan fingerprint density at radius 2 is 1.89 bits per heavy atom. The van der Waals surface area contributed by atoms with Gasteiger partial charge >= 0.3 is 6.61 Å². The zero-order valence-electron chi connectivity index (χ0n) is 9.64. The fourth-order valence-electron chi connectivity index (χ4n) is 2.15. The molecule has 0 aromatic heterocycles. The molecule has 1 aromatic rings. The van der Waals surface area contributed by atoms with E-state index in [-0.39, 0.29) is 5.75 Å². The fourth-order valence-corrected chi connectivity index (χ4v) is 2.15. The van der Waals surface area contributed by atoms with Crippen LogP contribution >= 0.6 is 0 Å². The third-order valence-electron chi connectivity index (χ3n) is 3.41. The highest BCUT2D eigenvalue weighted by atomic mass is 19.3. The molecule has 1 unspecified atom stereocenters. The molecule has 0 heterocycles. The van der Waals surface area contributed by atoms with Crippen molar-refractivity contribution in [3.63, 3.8) is 0 Å². The summed E-state index contributed by atoms with van der Waals surface area (Å²) in [4.78, 5) is 0. The number of hydrogen-bond acceptors (Lipinski definition) is 3. The van der Waals surface area contributed by atoms with Crippen LogP contribution < -0.4 is 4.74 Å². The van der Waals surface area contributed by atoms with Gasteiger partial charge in [-0.25, -0.2) is 0 Å². The van der Waals surface area contributed by atoms with Gasteiger partial charge in [0.05, 0.1) is 17.6 Å². The summed E-state index contributed by atoms with van der Waals surface area (Å²) in [6.07, 6.45) is 1.38. The largest absolute Gasteiger partial charge is 0.435 e. The lowest BCUT2D eigenvalue weighted by atomic mass is 9.65. The third kappa shape index (κ3) is 2.29. The maximum absolute atomic E-state index is 12.0. The average molecular weight is 253 g/mol. The van der Waals surface area contributed by atoms with Gasteiger partial charge in [-0.1, -0.05) is 18.6 Å². The molecule has 1 aromatic carbocycles. The first kappa shape index (κ1) is 12.8. The van der Waals surface area contributed by atoms with Gasteiger partial charge in [-0.3, -0.25) is 0 Å². The molecular weight excluding hydrogens is 240 g/mol. The highest BCUT2D eigenvalue weighted by Gasteiger charge is 2.44.